The van der Waals surface area contributed by atoms with E-state index in [9.17, 15) is 9.59 Å². The number of carbonyl (C=O) groups is 2. The summed E-state index contributed by atoms with van der Waals surface area (Å²) in [4.78, 5) is 26.0. The van der Waals surface area contributed by atoms with Crippen molar-refractivity contribution in [1.29, 1.82) is 0 Å². The normalized spacial score (nSPS) is 11.7. The maximum absolute atomic E-state index is 11.7. The molecule has 0 saturated heterocycles. The highest BCUT2D eigenvalue weighted by Crippen LogP contribution is 2.10. The number of aldehydes is 1. The molecule has 0 aliphatic rings. The van der Waals surface area contributed by atoms with Crippen LogP contribution >= 0.6 is 0 Å². The van der Waals surface area contributed by atoms with E-state index in [1.807, 2.05) is 0 Å². The Balaban J connectivity index is 2.37. The van der Waals surface area contributed by atoms with E-state index in [1.165, 1.54) is 6.20 Å². The topological polar surface area (TPSA) is 68.3 Å². The molecule has 0 spiro atoms. The maximum Gasteiger partial charge on any atom is 0.260 e. The summed E-state index contributed by atoms with van der Waals surface area (Å²) in [7, 11) is 0. The minimum atomic E-state index is -0.578. The zero-order valence-electron chi connectivity index (χ0n) is 11.4. The van der Waals surface area contributed by atoms with Crippen LogP contribution in [-0.4, -0.2) is 29.8 Å². The van der Waals surface area contributed by atoms with Crippen LogP contribution in [0.4, 0.5) is 0 Å². The van der Waals surface area contributed by atoms with Crippen molar-refractivity contribution >= 4 is 12.2 Å². The number of rotatable bonds is 8. The van der Waals surface area contributed by atoms with Gasteiger partial charge in [0.2, 0.25) is 0 Å². The molecule has 0 aromatic carbocycles. The highest BCUT2D eigenvalue weighted by Gasteiger charge is 2.13. The summed E-state index contributed by atoms with van der Waals surface area (Å²) in [6.45, 7) is 4.47. The molecule has 104 valence electrons. The SMILES string of the molecule is CCCCCNC(=O)C(C)Oc1ccc(C=O)nc1. The standard InChI is InChI=1S/C14H20N2O3/c1-3-4-5-8-15-14(18)11(2)19-13-7-6-12(10-17)16-9-13/h6-7,9-11H,3-5,8H2,1-2H3,(H,15,18). The molecular formula is C14H20N2O3. The Hall–Kier alpha value is -1.91. The molecular weight excluding hydrogens is 244 g/mol. The van der Waals surface area contributed by atoms with E-state index in [0.717, 1.165) is 19.3 Å². The molecule has 0 saturated carbocycles. The Bertz CT molecular complexity index is 404. The van der Waals surface area contributed by atoms with Crippen LogP contribution in [0.2, 0.25) is 0 Å². The van der Waals surface area contributed by atoms with Crippen LogP contribution in [0.5, 0.6) is 5.75 Å². The van der Waals surface area contributed by atoms with Crippen molar-refractivity contribution in [3.8, 4) is 5.75 Å². The molecule has 5 heteroatoms. The van der Waals surface area contributed by atoms with Gasteiger partial charge in [0.05, 0.1) is 6.20 Å². The van der Waals surface area contributed by atoms with Gasteiger partial charge in [0.25, 0.3) is 5.91 Å². The first kappa shape index (κ1) is 15.1. The molecule has 0 aliphatic carbocycles. The first-order valence-electron chi connectivity index (χ1n) is 6.53. The number of ether oxygens (including phenoxy) is 1. The fraction of sp³-hybridized carbons (Fsp3) is 0.500. The number of nitrogens with zero attached hydrogens (tertiary/aromatic N) is 1. The van der Waals surface area contributed by atoms with E-state index in [4.69, 9.17) is 4.74 Å². The second-order valence-corrected chi connectivity index (χ2v) is 4.29. The van der Waals surface area contributed by atoms with E-state index >= 15 is 0 Å². The first-order valence-corrected chi connectivity index (χ1v) is 6.53. The largest absolute Gasteiger partial charge is 0.479 e. The van der Waals surface area contributed by atoms with Crippen LogP contribution in [-0.2, 0) is 4.79 Å². The summed E-state index contributed by atoms with van der Waals surface area (Å²) < 4.78 is 5.44. The fourth-order valence-electron chi connectivity index (χ4n) is 1.52. The average molecular weight is 264 g/mol. The molecule has 1 amide bonds. The van der Waals surface area contributed by atoms with Crippen molar-refractivity contribution < 1.29 is 14.3 Å². The van der Waals surface area contributed by atoms with Gasteiger partial charge < -0.3 is 10.1 Å². The van der Waals surface area contributed by atoms with Gasteiger partial charge in [0, 0.05) is 6.54 Å². The molecule has 1 atom stereocenters. The number of aromatic nitrogens is 1. The van der Waals surface area contributed by atoms with Gasteiger partial charge in [0.1, 0.15) is 11.4 Å². The third-order valence-electron chi connectivity index (χ3n) is 2.64. The van der Waals surface area contributed by atoms with E-state index in [2.05, 4.69) is 17.2 Å². The summed E-state index contributed by atoms with van der Waals surface area (Å²) in [5.41, 5.74) is 0.337. The third kappa shape index (κ3) is 5.50. The monoisotopic (exact) mass is 264 g/mol. The summed E-state index contributed by atoms with van der Waals surface area (Å²) >= 11 is 0. The van der Waals surface area contributed by atoms with Crippen molar-refractivity contribution in [2.75, 3.05) is 6.54 Å². The van der Waals surface area contributed by atoms with E-state index < -0.39 is 6.10 Å². The van der Waals surface area contributed by atoms with Gasteiger partial charge in [0.15, 0.2) is 12.4 Å². The second-order valence-electron chi connectivity index (χ2n) is 4.29. The molecule has 1 N–H and O–H groups in total. The summed E-state index contributed by atoms with van der Waals surface area (Å²) in [5.74, 6) is 0.331. The van der Waals surface area contributed by atoms with Crippen molar-refractivity contribution in [2.24, 2.45) is 0 Å². The summed E-state index contributed by atoms with van der Waals surface area (Å²) in [6, 6.07) is 3.17. The molecule has 0 aliphatic heterocycles. The van der Waals surface area contributed by atoms with E-state index in [1.54, 1.807) is 19.1 Å². The molecule has 1 aromatic heterocycles. The van der Waals surface area contributed by atoms with Gasteiger partial charge in [-0.2, -0.15) is 0 Å². The van der Waals surface area contributed by atoms with Crippen molar-refractivity contribution in [3.63, 3.8) is 0 Å². The number of pyridine rings is 1. The predicted octanol–water partition coefficient (Wildman–Crippen LogP) is 1.97. The molecule has 19 heavy (non-hydrogen) atoms. The highest BCUT2D eigenvalue weighted by molar-refractivity contribution is 5.80. The Kier molecular flexibility index (Phi) is 6.57. The smallest absolute Gasteiger partial charge is 0.260 e. The molecule has 1 unspecified atom stereocenters. The minimum Gasteiger partial charge on any atom is -0.479 e. The molecule has 0 fully saturated rings. The van der Waals surface area contributed by atoms with Crippen LogP contribution in [0, 0.1) is 0 Å². The minimum absolute atomic E-state index is 0.143. The van der Waals surface area contributed by atoms with Crippen molar-refractivity contribution in [2.45, 2.75) is 39.2 Å². The van der Waals surface area contributed by atoms with Gasteiger partial charge >= 0.3 is 0 Å². The van der Waals surface area contributed by atoms with Gasteiger partial charge in [-0.25, -0.2) is 4.98 Å². The van der Waals surface area contributed by atoms with Crippen molar-refractivity contribution in [3.05, 3.63) is 24.0 Å². The lowest BCUT2D eigenvalue weighted by Gasteiger charge is -2.14. The molecule has 0 radical (unpaired) electrons. The number of amides is 1. The van der Waals surface area contributed by atoms with E-state index in [-0.39, 0.29) is 5.91 Å². The van der Waals surface area contributed by atoms with Gasteiger partial charge in [-0.15, -0.1) is 0 Å². The number of carbonyl (C=O) groups excluding carboxylic acids is 2. The van der Waals surface area contributed by atoms with Gasteiger partial charge in [-0.1, -0.05) is 19.8 Å². The summed E-state index contributed by atoms with van der Waals surface area (Å²) in [5, 5.41) is 2.82. The zero-order chi connectivity index (χ0) is 14.1. The number of unbranched alkanes of at least 4 members (excludes halogenated alkanes) is 2. The summed E-state index contributed by atoms with van der Waals surface area (Å²) in [6.07, 6.45) is 4.72. The number of hydrogen-bond donors (Lipinski definition) is 1. The van der Waals surface area contributed by atoms with Crippen LogP contribution in [0.15, 0.2) is 18.3 Å². The molecule has 1 rings (SSSR count). The van der Waals surface area contributed by atoms with Crippen LogP contribution in [0.1, 0.15) is 43.6 Å². The lowest BCUT2D eigenvalue weighted by Crippen LogP contribution is -2.36. The van der Waals surface area contributed by atoms with Crippen molar-refractivity contribution in [1.82, 2.24) is 10.3 Å². The lowest BCUT2D eigenvalue weighted by atomic mass is 10.2. The Morgan fingerprint density at radius 3 is 2.84 bits per heavy atom. The second kappa shape index (κ2) is 8.24. The van der Waals surface area contributed by atoms with E-state index in [0.29, 0.717) is 24.3 Å². The van der Waals surface area contributed by atoms with Gasteiger partial charge in [-0.05, 0) is 25.5 Å². The maximum atomic E-state index is 11.7. The molecule has 0 bridgehead atoms. The third-order valence-corrected chi connectivity index (χ3v) is 2.64. The highest BCUT2D eigenvalue weighted by atomic mass is 16.5. The number of nitrogens with one attached hydrogen (secondary N) is 1. The predicted molar refractivity (Wildman–Crippen MR) is 72.2 cm³/mol. The zero-order valence-corrected chi connectivity index (χ0v) is 11.4. The number of hydrogen-bond acceptors (Lipinski definition) is 4. The lowest BCUT2D eigenvalue weighted by molar-refractivity contribution is -0.127. The fourth-order valence-corrected chi connectivity index (χ4v) is 1.52. The average Bonchev–Trinajstić information content (AvgIpc) is 2.44. The van der Waals surface area contributed by atoms with Crippen LogP contribution in [0.25, 0.3) is 0 Å². The Morgan fingerprint density at radius 1 is 1.47 bits per heavy atom. The first-order chi connectivity index (χ1) is 9.17. The Morgan fingerprint density at radius 2 is 2.26 bits per heavy atom. The van der Waals surface area contributed by atoms with Crippen LogP contribution in [0.3, 0.4) is 0 Å². The van der Waals surface area contributed by atoms with Crippen LogP contribution < -0.4 is 10.1 Å². The quantitative estimate of drug-likeness (QED) is 0.575. The Labute approximate surface area is 113 Å². The molecule has 1 heterocycles. The molecule has 1 aromatic rings. The molecule has 5 nitrogen and oxygen atoms in total. The van der Waals surface area contributed by atoms with Gasteiger partial charge in [-0.3, -0.25) is 9.59 Å².